The van der Waals surface area contributed by atoms with E-state index in [0.29, 0.717) is 22.4 Å². The van der Waals surface area contributed by atoms with Crippen LogP contribution in [0.2, 0.25) is 5.02 Å². The lowest BCUT2D eigenvalue weighted by atomic mass is 10.2. The van der Waals surface area contributed by atoms with E-state index in [0.717, 1.165) is 5.56 Å². The average molecular weight is 316 g/mol. The summed E-state index contributed by atoms with van der Waals surface area (Å²) < 4.78 is 5.39. The van der Waals surface area contributed by atoms with Crippen LogP contribution < -0.4 is 4.74 Å². The van der Waals surface area contributed by atoms with Crippen molar-refractivity contribution in [3.8, 4) is 5.75 Å². The smallest absolute Gasteiger partial charge is 0.327 e. The number of amides is 1. The van der Waals surface area contributed by atoms with Crippen molar-refractivity contribution in [2.75, 3.05) is 18.2 Å². The van der Waals surface area contributed by atoms with Crippen LogP contribution >= 0.6 is 23.4 Å². The summed E-state index contributed by atoms with van der Waals surface area (Å²) in [5.74, 6) is 0.0413. The number of thioether (sulfide) groups is 1. The number of benzene rings is 1. The van der Waals surface area contributed by atoms with Crippen LogP contribution in [0, 0.1) is 6.92 Å². The number of carboxylic acid groups (broad SMARTS) is 1. The minimum Gasteiger partial charge on any atom is -0.484 e. The zero-order valence-electron chi connectivity index (χ0n) is 10.8. The summed E-state index contributed by atoms with van der Waals surface area (Å²) in [4.78, 5) is 24.3. The van der Waals surface area contributed by atoms with Crippen LogP contribution in [0.1, 0.15) is 5.56 Å². The second-order valence-corrected chi connectivity index (χ2v) is 5.82. The summed E-state index contributed by atoms with van der Waals surface area (Å²) in [7, 11) is 0. The molecule has 5 nitrogen and oxygen atoms in total. The van der Waals surface area contributed by atoms with Gasteiger partial charge in [-0.3, -0.25) is 4.79 Å². The lowest BCUT2D eigenvalue weighted by molar-refractivity contribution is -0.148. The van der Waals surface area contributed by atoms with Gasteiger partial charge in [-0.25, -0.2) is 4.79 Å². The molecule has 0 aliphatic carbocycles. The molecule has 1 aliphatic rings. The largest absolute Gasteiger partial charge is 0.484 e. The molecule has 0 bridgehead atoms. The highest BCUT2D eigenvalue weighted by molar-refractivity contribution is 7.99. The third-order valence-electron chi connectivity index (χ3n) is 2.98. The molecule has 2 rings (SSSR count). The monoisotopic (exact) mass is 315 g/mol. The molecule has 0 radical (unpaired) electrons. The molecule has 1 heterocycles. The Morgan fingerprint density at radius 3 is 2.95 bits per heavy atom. The van der Waals surface area contributed by atoms with Crippen LogP contribution in [0.4, 0.5) is 0 Å². The first-order chi connectivity index (χ1) is 9.49. The first kappa shape index (κ1) is 15.0. The summed E-state index contributed by atoms with van der Waals surface area (Å²) in [5.41, 5.74) is 0.858. The van der Waals surface area contributed by atoms with Gasteiger partial charge in [-0.05, 0) is 30.7 Å². The molecule has 1 N–H and O–H groups in total. The minimum absolute atomic E-state index is 0.175. The lowest BCUT2D eigenvalue weighted by Crippen LogP contribution is -2.43. The molecule has 1 atom stereocenters. The number of hydrogen-bond donors (Lipinski definition) is 1. The van der Waals surface area contributed by atoms with E-state index in [1.807, 2.05) is 6.92 Å². The highest BCUT2D eigenvalue weighted by atomic mass is 35.5. The zero-order chi connectivity index (χ0) is 14.7. The van der Waals surface area contributed by atoms with E-state index in [1.54, 1.807) is 18.2 Å². The number of carboxylic acids is 1. The number of carbonyl (C=O) groups is 2. The molecule has 1 saturated heterocycles. The Hall–Kier alpha value is -1.40. The number of carbonyl (C=O) groups excluding carboxylic acids is 1. The first-order valence-corrected chi connectivity index (χ1v) is 7.51. The number of aryl methyl sites for hydroxylation is 1. The van der Waals surface area contributed by atoms with Gasteiger partial charge in [-0.15, -0.1) is 11.8 Å². The third-order valence-corrected chi connectivity index (χ3v) is 4.42. The van der Waals surface area contributed by atoms with Gasteiger partial charge in [0.15, 0.2) is 6.61 Å². The van der Waals surface area contributed by atoms with Gasteiger partial charge in [0.2, 0.25) is 0 Å². The summed E-state index contributed by atoms with van der Waals surface area (Å²) in [6.45, 7) is 1.67. The number of ether oxygens (including phenoxy) is 1. The fraction of sp³-hybridized carbons (Fsp3) is 0.385. The number of hydrogen-bond acceptors (Lipinski definition) is 4. The maximum atomic E-state index is 12.0. The van der Waals surface area contributed by atoms with Gasteiger partial charge in [0.25, 0.3) is 5.91 Å². The molecule has 0 unspecified atom stereocenters. The second-order valence-electron chi connectivity index (χ2n) is 4.42. The highest BCUT2D eigenvalue weighted by Crippen LogP contribution is 2.23. The molecule has 108 valence electrons. The molecule has 0 saturated carbocycles. The number of rotatable bonds is 4. The second kappa shape index (κ2) is 6.37. The summed E-state index contributed by atoms with van der Waals surface area (Å²) in [6.07, 6.45) is 0. The maximum absolute atomic E-state index is 12.0. The Balaban J connectivity index is 1.94. The van der Waals surface area contributed by atoms with Gasteiger partial charge in [-0.2, -0.15) is 0 Å². The van der Waals surface area contributed by atoms with Crippen LogP contribution in [0.5, 0.6) is 5.75 Å². The van der Waals surface area contributed by atoms with Crippen molar-refractivity contribution < 1.29 is 19.4 Å². The van der Waals surface area contributed by atoms with Gasteiger partial charge in [0.05, 0.1) is 5.88 Å². The van der Waals surface area contributed by atoms with E-state index < -0.39 is 12.0 Å². The van der Waals surface area contributed by atoms with Gasteiger partial charge in [0.1, 0.15) is 11.8 Å². The fourth-order valence-corrected chi connectivity index (χ4v) is 3.12. The summed E-state index contributed by atoms with van der Waals surface area (Å²) >= 11 is 7.33. The van der Waals surface area contributed by atoms with Gasteiger partial charge in [0, 0.05) is 10.8 Å². The number of nitrogens with zero attached hydrogens (tertiary/aromatic N) is 1. The molecular formula is C13H14ClNO4S. The molecule has 1 amide bonds. The molecular weight excluding hydrogens is 302 g/mol. The average Bonchev–Trinajstić information content (AvgIpc) is 2.89. The first-order valence-electron chi connectivity index (χ1n) is 5.98. The van der Waals surface area contributed by atoms with Gasteiger partial charge >= 0.3 is 5.97 Å². The van der Waals surface area contributed by atoms with Gasteiger partial charge in [-0.1, -0.05) is 11.6 Å². The Morgan fingerprint density at radius 2 is 2.30 bits per heavy atom. The van der Waals surface area contributed by atoms with Crippen molar-refractivity contribution in [2.45, 2.75) is 13.0 Å². The van der Waals surface area contributed by atoms with Crippen LogP contribution in [0.25, 0.3) is 0 Å². The molecule has 1 aromatic rings. The SMILES string of the molecule is Cc1cc(OCC(=O)N2CSC[C@H]2C(=O)O)ccc1Cl. The Kier molecular flexibility index (Phi) is 4.77. The molecule has 20 heavy (non-hydrogen) atoms. The maximum Gasteiger partial charge on any atom is 0.327 e. The van der Waals surface area contributed by atoms with Crippen molar-refractivity contribution in [3.05, 3.63) is 28.8 Å². The van der Waals surface area contributed by atoms with Crippen LogP contribution in [-0.4, -0.2) is 46.2 Å². The Labute approximate surface area is 125 Å². The molecule has 1 aromatic carbocycles. The Bertz CT molecular complexity index is 537. The number of aliphatic carboxylic acids is 1. The summed E-state index contributed by atoms with van der Waals surface area (Å²) in [6, 6.07) is 4.35. The quantitative estimate of drug-likeness (QED) is 0.920. The van der Waals surface area contributed by atoms with E-state index in [9.17, 15) is 9.59 Å². The molecule has 0 spiro atoms. The van der Waals surface area contributed by atoms with E-state index >= 15 is 0 Å². The third kappa shape index (κ3) is 3.37. The zero-order valence-corrected chi connectivity index (χ0v) is 12.4. The van der Waals surface area contributed by atoms with Gasteiger partial charge < -0.3 is 14.7 Å². The van der Waals surface area contributed by atoms with Crippen molar-refractivity contribution in [1.82, 2.24) is 4.90 Å². The highest BCUT2D eigenvalue weighted by Gasteiger charge is 2.34. The van der Waals surface area contributed by atoms with Crippen molar-refractivity contribution >= 4 is 35.2 Å². The van der Waals surface area contributed by atoms with Crippen LogP contribution in [0.15, 0.2) is 18.2 Å². The van der Waals surface area contributed by atoms with E-state index in [1.165, 1.54) is 16.7 Å². The van der Waals surface area contributed by atoms with E-state index in [-0.39, 0.29) is 12.5 Å². The molecule has 1 aliphatic heterocycles. The minimum atomic E-state index is -0.981. The van der Waals surface area contributed by atoms with Crippen LogP contribution in [-0.2, 0) is 9.59 Å². The van der Waals surface area contributed by atoms with Crippen molar-refractivity contribution in [2.24, 2.45) is 0 Å². The number of halogens is 1. The van der Waals surface area contributed by atoms with Crippen molar-refractivity contribution in [3.63, 3.8) is 0 Å². The van der Waals surface area contributed by atoms with Crippen molar-refractivity contribution in [1.29, 1.82) is 0 Å². The predicted molar refractivity (Wildman–Crippen MR) is 77.3 cm³/mol. The molecule has 7 heteroatoms. The van der Waals surface area contributed by atoms with E-state index in [2.05, 4.69) is 0 Å². The normalized spacial score (nSPS) is 18.1. The standard InChI is InChI=1S/C13H14ClNO4S/c1-8-4-9(2-3-10(8)14)19-5-12(16)15-7-20-6-11(15)13(17)18/h2-4,11H,5-7H2,1H3,(H,17,18)/t11-/m0/s1. The molecule has 1 fully saturated rings. The molecule has 0 aromatic heterocycles. The lowest BCUT2D eigenvalue weighted by Gasteiger charge is -2.20. The Morgan fingerprint density at radius 1 is 1.55 bits per heavy atom. The predicted octanol–water partition coefficient (Wildman–Crippen LogP) is 2.01. The van der Waals surface area contributed by atoms with E-state index in [4.69, 9.17) is 21.4 Å². The fourth-order valence-electron chi connectivity index (χ4n) is 1.83. The van der Waals surface area contributed by atoms with Crippen LogP contribution in [0.3, 0.4) is 0 Å². The topological polar surface area (TPSA) is 66.8 Å². The summed E-state index contributed by atoms with van der Waals surface area (Å²) in [5, 5.41) is 9.65.